The smallest absolute Gasteiger partial charge is 0.409 e. The summed E-state index contributed by atoms with van der Waals surface area (Å²) >= 11 is 0. The Balaban J connectivity index is 2.07. The van der Waals surface area contributed by atoms with Crippen molar-refractivity contribution in [3.05, 3.63) is 24.3 Å². The van der Waals surface area contributed by atoms with Crippen LogP contribution in [0.15, 0.2) is 29.3 Å². The zero-order chi connectivity index (χ0) is 17.0. The summed E-state index contributed by atoms with van der Waals surface area (Å²) in [6.07, 6.45) is -4.72. The number of rotatable bonds is 6. The molecular weight excluding hydrogens is 309 g/mol. The number of nitrogens with one attached hydrogen (secondary N) is 1. The van der Waals surface area contributed by atoms with Gasteiger partial charge >= 0.3 is 6.18 Å². The zero-order valence-electron chi connectivity index (χ0n) is 13.4. The van der Waals surface area contributed by atoms with Crippen molar-refractivity contribution in [2.45, 2.75) is 38.5 Å². The van der Waals surface area contributed by atoms with Gasteiger partial charge in [0.25, 0.3) is 0 Å². The molecule has 7 heteroatoms. The largest absolute Gasteiger partial charge is 0.497 e. The molecule has 1 aromatic carbocycles. The first-order valence-corrected chi connectivity index (χ1v) is 7.46. The molecule has 2 atom stereocenters. The number of hydrogen-bond acceptors (Lipinski definition) is 4. The molecule has 23 heavy (non-hydrogen) atoms. The fourth-order valence-corrected chi connectivity index (χ4v) is 2.21. The number of ether oxygens (including phenoxy) is 2. The third-order valence-corrected chi connectivity index (χ3v) is 3.70. The first-order chi connectivity index (χ1) is 10.8. The molecule has 0 saturated heterocycles. The van der Waals surface area contributed by atoms with Crippen LogP contribution in [-0.4, -0.2) is 37.9 Å². The summed E-state index contributed by atoms with van der Waals surface area (Å²) in [5.41, 5.74) is 0.368. The highest BCUT2D eigenvalue weighted by Gasteiger charge is 2.41. The number of alkyl halides is 3. The van der Waals surface area contributed by atoms with E-state index >= 15 is 0 Å². The lowest BCUT2D eigenvalue weighted by atomic mass is 10.1. The van der Waals surface area contributed by atoms with Crippen LogP contribution in [0.1, 0.15) is 20.3 Å². The average Bonchev–Trinajstić information content (AvgIpc) is 2.95. The maximum atomic E-state index is 13.3. The van der Waals surface area contributed by atoms with E-state index in [0.29, 0.717) is 18.0 Å². The molecule has 1 heterocycles. The Bertz CT molecular complexity index is 541. The molecule has 1 N–H and O–H groups in total. The van der Waals surface area contributed by atoms with Crippen molar-refractivity contribution in [1.29, 1.82) is 0 Å². The van der Waals surface area contributed by atoms with Crippen LogP contribution in [0.25, 0.3) is 0 Å². The summed E-state index contributed by atoms with van der Waals surface area (Å²) < 4.78 is 50.1. The number of halogens is 3. The SMILES string of the molecule is COc1ccc(N[C@@H](CC2=N[C@@H](C(C)C)CO2)C(F)(F)F)cc1. The first-order valence-electron chi connectivity index (χ1n) is 7.46. The van der Waals surface area contributed by atoms with E-state index in [4.69, 9.17) is 9.47 Å². The topological polar surface area (TPSA) is 42.8 Å². The van der Waals surface area contributed by atoms with E-state index in [1.54, 1.807) is 24.3 Å². The second kappa shape index (κ2) is 7.10. The summed E-state index contributed by atoms with van der Waals surface area (Å²) in [6, 6.07) is 4.49. The summed E-state index contributed by atoms with van der Waals surface area (Å²) in [5, 5.41) is 2.50. The van der Waals surface area contributed by atoms with Crippen molar-refractivity contribution in [2.75, 3.05) is 19.0 Å². The molecular formula is C16H21F3N2O2. The fraction of sp³-hybridized carbons (Fsp3) is 0.562. The van der Waals surface area contributed by atoms with Gasteiger partial charge in [0, 0.05) is 5.69 Å². The van der Waals surface area contributed by atoms with E-state index < -0.39 is 12.2 Å². The Kier molecular flexibility index (Phi) is 5.38. The average molecular weight is 330 g/mol. The Morgan fingerprint density at radius 1 is 1.30 bits per heavy atom. The monoisotopic (exact) mass is 330 g/mol. The molecule has 0 radical (unpaired) electrons. The van der Waals surface area contributed by atoms with E-state index in [9.17, 15) is 13.2 Å². The second-order valence-electron chi connectivity index (χ2n) is 5.82. The highest BCUT2D eigenvalue weighted by molar-refractivity contribution is 5.79. The van der Waals surface area contributed by atoms with Gasteiger partial charge in [0.1, 0.15) is 18.4 Å². The Labute approximate surface area is 133 Å². The van der Waals surface area contributed by atoms with Gasteiger partial charge < -0.3 is 14.8 Å². The molecule has 2 rings (SSSR count). The second-order valence-corrected chi connectivity index (χ2v) is 5.82. The van der Waals surface area contributed by atoms with Crippen LogP contribution in [0, 0.1) is 5.92 Å². The zero-order valence-corrected chi connectivity index (χ0v) is 13.4. The van der Waals surface area contributed by atoms with Gasteiger partial charge in [-0.2, -0.15) is 13.2 Å². The molecule has 128 valence electrons. The van der Waals surface area contributed by atoms with Crippen molar-refractivity contribution in [3.8, 4) is 5.75 Å². The summed E-state index contributed by atoms with van der Waals surface area (Å²) in [6.45, 7) is 4.29. The number of methoxy groups -OCH3 is 1. The van der Waals surface area contributed by atoms with Gasteiger partial charge in [-0.25, -0.2) is 4.99 Å². The van der Waals surface area contributed by atoms with Gasteiger partial charge in [-0.1, -0.05) is 13.8 Å². The third kappa shape index (κ3) is 4.77. The number of aliphatic imine (C=N–C) groups is 1. The first kappa shape index (κ1) is 17.4. The van der Waals surface area contributed by atoms with Crippen molar-refractivity contribution in [2.24, 2.45) is 10.9 Å². The van der Waals surface area contributed by atoms with Gasteiger partial charge in [0.15, 0.2) is 5.90 Å². The summed E-state index contributed by atoms with van der Waals surface area (Å²) in [4.78, 5) is 4.24. The molecule has 1 aliphatic heterocycles. The number of anilines is 1. The van der Waals surface area contributed by atoms with Crippen LogP contribution in [0.5, 0.6) is 5.75 Å². The Morgan fingerprint density at radius 2 is 1.96 bits per heavy atom. The minimum atomic E-state index is -4.40. The van der Waals surface area contributed by atoms with Crippen LogP contribution >= 0.6 is 0 Å². The fourth-order valence-electron chi connectivity index (χ4n) is 2.21. The lowest BCUT2D eigenvalue weighted by molar-refractivity contribution is -0.141. The van der Waals surface area contributed by atoms with Gasteiger partial charge in [0.05, 0.1) is 19.6 Å². The van der Waals surface area contributed by atoms with E-state index in [1.165, 1.54) is 7.11 Å². The molecule has 0 bridgehead atoms. The molecule has 0 fully saturated rings. The van der Waals surface area contributed by atoms with Crippen LogP contribution in [0.3, 0.4) is 0 Å². The molecule has 0 unspecified atom stereocenters. The van der Waals surface area contributed by atoms with Gasteiger partial charge in [-0.3, -0.25) is 0 Å². The maximum Gasteiger partial charge on any atom is 0.409 e. The quantitative estimate of drug-likeness (QED) is 0.861. The van der Waals surface area contributed by atoms with Crippen LogP contribution in [0.2, 0.25) is 0 Å². The van der Waals surface area contributed by atoms with E-state index in [0.717, 1.165) is 0 Å². The minimum Gasteiger partial charge on any atom is -0.497 e. The molecule has 4 nitrogen and oxygen atoms in total. The minimum absolute atomic E-state index is 0.0696. The summed E-state index contributed by atoms with van der Waals surface area (Å²) in [7, 11) is 1.50. The van der Waals surface area contributed by atoms with Crippen molar-refractivity contribution >= 4 is 11.6 Å². The van der Waals surface area contributed by atoms with Gasteiger partial charge in [-0.05, 0) is 30.2 Å². The molecule has 0 saturated carbocycles. The molecule has 0 amide bonds. The predicted octanol–water partition coefficient (Wildman–Crippen LogP) is 3.88. The van der Waals surface area contributed by atoms with Gasteiger partial charge in [-0.15, -0.1) is 0 Å². The molecule has 1 aromatic rings. The molecule has 0 spiro atoms. The van der Waals surface area contributed by atoms with E-state index in [2.05, 4.69) is 10.3 Å². The van der Waals surface area contributed by atoms with E-state index in [1.807, 2.05) is 13.8 Å². The molecule has 0 aromatic heterocycles. The highest BCUT2D eigenvalue weighted by atomic mass is 19.4. The number of nitrogens with zero attached hydrogens (tertiary/aromatic N) is 1. The molecule has 0 aliphatic carbocycles. The third-order valence-electron chi connectivity index (χ3n) is 3.70. The Morgan fingerprint density at radius 3 is 2.43 bits per heavy atom. The maximum absolute atomic E-state index is 13.3. The van der Waals surface area contributed by atoms with Crippen LogP contribution < -0.4 is 10.1 Å². The summed E-state index contributed by atoms with van der Waals surface area (Å²) in [5.74, 6) is 0.987. The lowest BCUT2D eigenvalue weighted by Crippen LogP contribution is -2.38. The lowest BCUT2D eigenvalue weighted by Gasteiger charge is -2.22. The highest BCUT2D eigenvalue weighted by Crippen LogP contribution is 2.28. The van der Waals surface area contributed by atoms with Crippen molar-refractivity contribution in [1.82, 2.24) is 0 Å². The Hall–Kier alpha value is -1.92. The van der Waals surface area contributed by atoms with E-state index in [-0.39, 0.29) is 24.3 Å². The van der Waals surface area contributed by atoms with Crippen molar-refractivity contribution in [3.63, 3.8) is 0 Å². The van der Waals surface area contributed by atoms with Crippen LogP contribution in [-0.2, 0) is 4.74 Å². The van der Waals surface area contributed by atoms with Gasteiger partial charge in [0.2, 0.25) is 0 Å². The molecule has 1 aliphatic rings. The number of hydrogen-bond donors (Lipinski definition) is 1. The normalized spacial score (nSPS) is 19.3. The van der Waals surface area contributed by atoms with Crippen LogP contribution in [0.4, 0.5) is 18.9 Å². The predicted molar refractivity (Wildman–Crippen MR) is 83.1 cm³/mol. The standard InChI is InChI=1S/C16H21F3N2O2/c1-10(2)13-9-23-15(21-13)8-14(16(17,18)19)20-11-4-6-12(22-3)7-5-11/h4-7,10,13-14,20H,8-9H2,1-3H3/t13-,14+/m1/s1. The number of benzene rings is 1. The van der Waals surface area contributed by atoms with Crippen molar-refractivity contribution < 1.29 is 22.6 Å².